The molecular weight excluding hydrogens is 240 g/mol. The van der Waals surface area contributed by atoms with Crippen molar-refractivity contribution in [1.82, 2.24) is 0 Å². The zero-order valence-electron chi connectivity index (χ0n) is 8.92. The van der Waals surface area contributed by atoms with Crippen LogP contribution in [-0.2, 0) is 9.09 Å². The minimum Gasteiger partial charge on any atom is -0.168 e. The average Bonchev–Trinajstić information content (AvgIpc) is 2.25. The van der Waals surface area contributed by atoms with Gasteiger partial charge in [-0.2, -0.15) is 13.2 Å². The molecule has 6 heteroatoms. The first-order valence-electron chi connectivity index (χ1n) is 5.26. The molecule has 0 bridgehead atoms. The molecular formula is C10H15F3O2P+. The van der Waals surface area contributed by atoms with Gasteiger partial charge >= 0.3 is 14.2 Å². The highest BCUT2D eigenvalue weighted by molar-refractivity contribution is 7.44. The number of hydrogen-bond acceptors (Lipinski definition) is 2. The van der Waals surface area contributed by atoms with E-state index >= 15 is 0 Å². The van der Waals surface area contributed by atoms with Gasteiger partial charge < -0.3 is 0 Å². The van der Waals surface area contributed by atoms with Gasteiger partial charge in [-0.25, -0.2) is 0 Å². The van der Waals surface area contributed by atoms with E-state index in [0.717, 1.165) is 32.1 Å². The summed E-state index contributed by atoms with van der Waals surface area (Å²) >= 11 is 0. The molecule has 0 spiro atoms. The van der Waals surface area contributed by atoms with Gasteiger partial charge in [0.15, 0.2) is 11.9 Å². The van der Waals surface area contributed by atoms with E-state index in [1.807, 2.05) is 0 Å². The molecule has 0 radical (unpaired) electrons. The molecule has 16 heavy (non-hydrogen) atoms. The normalized spacial score (nSPS) is 19.6. The van der Waals surface area contributed by atoms with E-state index in [9.17, 15) is 17.7 Å². The van der Waals surface area contributed by atoms with E-state index in [1.165, 1.54) is 0 Å². The molecule has 0 N–H and O–H groups in total. The van der Waals surface area contributed by atoms with Gasteiger partial charge in [-0.05, 0) is 24.0 Å². The van der Waals surface area contributed by atoms with Crippen molar-refractivity contribution in [2.45, 2.75) is 38.3 Å². The Hall–Kier alpha value is -0.410. The number of allylic oxidation sites excluding steroid dienone is 1. The molecule has 1 rings (SSSR count). The van der Waals surface area contributed by atoms with Crippen LogP contribution in [0.15, 0.2) is 11.9 Å². The van der Waals surface area contributed by atoms with Gasteiger partial charge in [0.2, 0.25) is 0 Å². The molecule has 1 fully saturated rings. The summed E-state index contributed by atoms with van der Waals surface area (Å²) in [5, 5.41) is 0.332. The van der Waals surface area contributed by atoms with Crippen LogP contribution < -0.4 is 0 Å². The predicted octanol–water partition coefficient (Wildman–Crippen LogP) is 4.40. The van der Waals surface area contributed by atoms with E-state index in [1.54, 1.807) is 0 Å². The van der Waals surface area contributed by atoms with Gasteiger partial charge in [0.25, 0.3) is 0 Å². The van der Waals surface area contributed by atoms with Crippen LogP contribution in [-0.4, -0.2) is 12.8 Å². The molecule has 0 aromatic carbocycles. The lowest BCUT2D eigenvalue weighted by molar-refractivity contribution is -0.152. The van der Waals surface area contributed by atoms with E-state index in [-0.39, 0.29) is 5.92 Å². The SMILES string of the molecule is C=C(C1CCCCC1)[P+](=O)OCC(F)(F)F. The summed E-state index contributed by atoms with van der Waals surface area (Å²) in [5.41, 5.74) is 0. The fraction of sp³-hybridized carbons (Fsp3) is 0.800. The largest absolute Gasteiger partial charge is 0.544 e. The Labute approximate surface area is 93.7 Å². The lowest BCUT2D eigenvalue weighted by Gasteiger charge is -2.17. The summed E-state index contributed by atoms with van der Waals surface area (Å²) in [5.74, 6) is 0.0607. The van der Waals surface area contributed by atoms with Crippen molar-refractivity contribution in [2.75, 3.05) is 6.61 Å². The Morgan fingerprint density at radius 1 is 1.31 bits per heavy atom. The van der Waals surface area contributed by atoms with Crippen LogP contribution in [0.2, 0.25) is 0 Å². The van der Waals surface area contributed by atoms with Crippen LogP contribution in [0.1, 0.15) is 32.1 Å². The molecule has 2 nitrogen and oxygen atoms in total. The van der Waals surface area contributed by atoms with Crippen LogP contribution in [0.25, 0.3) is 0 Å². The van der Waals surface area contributed by atoms with Gasteiger partial charge in [-0.3, -0.25) is 0 Å². The molecule has 1 atom stereocenters. The minimum absolute atomic E-state index is 0.0607. The van der Waals surface area contributed by atoms with E-state index in [0.29, 0.717) is 5.31 Å². The van der Waals surface area contributed by atoms with Crippen LogP contribution >= 0.6 is 8.03 Å². The zero-order valence-corrected chi connectivity index (χ0v) is 9.82. The third kappa shape index (κ3) is 4.62. The van der Waals surface area contributed by atoms with Crippen LogP contribution in [0, 0.1) is 5.92 Å². The third-order valence-corrected chi connectivity index (χ3v) is 3.85. The zero-order chi connectivity index (χ0) is 12.2. The maximum atomic E-state index is 11.8. The topological polar surface area (TPSA) is 26.3 Å². The fourth-order valence-electron chi connectivity index (χ4n) is 1.80. The minimum atomic E-state index is -4.43. The highest BCUT2D eigenvalue weighted by atomic mass is 31.1. The molecule has 92 valence electrons. The van der Waals surface area contributed by atoms with E-state index in [2.05, 4.69) is 11.1 Å². The van der Waals surface area contributed by atoms with Gasteiger partial charge in [0.05, 0.1) is 0 Å². The highest BCUT2D eigenvalue weighted by Crippen LogP contribution is 2.43. The van der Waals surface area contributed by atoms with Crippen LogP contribution in [0.4, 0.5) is 13.2 Å². The van der Waals surface area contributed by atoms with Crippen molar-refractivity contribution in [2.24, 2.45) is 5.92 Å². The van der Waals surface area contributed by atoms with Crippen molar-refractivity contribution in [1.29, 1.82) is 0 Å². The van der Waals surface area contributed by atoms with Crippen molar-refractivity contribution < 1.29 is 22.3 Å². The summed E-state index contributed by atoms with van der Waals surface area (Å²) in [7, 11) is -2.39. The quantitative estimate of drug-likeness (QED) is 0.696. The van der Waals surface area contributed by atoms with E-state index in [4.69, 9.17) is 0 Å². The molecule has 1 aliphatic rings. The summed E-state index contributed by atoms with van der Waals surface area (Å²) in [6.45, 7) is 2.14. The summed E-state index contributed by atoms with van der Waals surface area (Å²) in [6, 6.07) is 0. The molecule has 0 aromatic heterocycles. The third-order valence-electron chi connectivity index (χ3n) is 2.66. The predicted molar refractivity (Wildman–Crippen MR) is 55.3 cm³/mol. The second-order valence-electron chi connectivity index (χ2n) is 3.97. The van der Waals surface area contributed by atoms with E-state index < -0.39 is 20.8 Å². The molecule has 0 aromatic rings. The van der Waals surface area contributed by atoms with Crippen molar-refractivity contribution in [3.05, 3.63) is 11.9 Å². The second kappa shape index (κ2) is 5.78. The molecule has 1 unspecified atom stereocenters. The van der Waals surface area contributed by atoms with Gasteiger partial charge in [0, 0.05) is 5.92 Å². The number of rotatable bonds is 4. The van der Waals surface area contributed by atoms with Gasteiger partial charge in [0.1, 0.15) is 0 Å². The van der Waals surface area contributed by atoms with Crippen molar-refractivity contribution >= 4 is 8.03 Å². The Morgan fingerprint density at radius 3 is 2.38 bits per heavy atom. The first-order chi connectivity index (χ1) is 7.40. The van der Waals surface area contributed by atoms with Crippen molar-refractivity contribution in [3.8, 4) is 0 Å². The Kier molecular flexibility index (Phi) is 4.93. The summed E-state index contributed by atoms with van der Waals surface area (Å²) in [4.78, 5) is 0. The lowest BCUT2D eigenvalue weighted by atomic mass is 9.89. The number of halogens is 3. The van der Waals surface area contributed by atoms with Crippen molar-refractivity contribution in [3.63, 3.8) is 0 Å². The first-order valence-corrected chi connectivity index (χ1v) is 6.43. The number of hydrogen-bond donors (Lipinski definition) is 0. The summed E-state index contributed by atoms with van der Waals surface area (Å²) < 4.78 is 51.2. The Balaban J connectivity index is 2.38. The monoisotopic (exact) mass is 255 g/mol. The maximum Gasteiger partial charge on any atom is 0.544 e. The van der Waals surface area contributed by atoms with Gasteiger partial charge in [-0.15, -0.1) is 4.52 Å². The molecule has 0 heterocycles. The van der Waals surface area contributed by atoms with Gasteiger partial charge in [-0.1, -0.05) is 19.3 Å². The van der Waals surface area contributed by atoms with Crippen LogP contribution in [0.5, 0.6) is 0 Å². The fourth-order valence-corrected chi connectivity index (χ4v) is 2.79. The summed E-state index contributed by atoms with van der Waals surface area (Å²) in [6.07, 6.45) is 0.449. The molecule has 0 saturated heterocycles. The molecule has 0 aliphatic heterocycles. The highest BCUT2D eigenvalue weighted by Gasteiger charge is 2.38. The molecule has 1 saturated carbocycles. The Bertz CT molecular complexity index is 270. The standard InChI is InChI=1S/C10H15F3O2P/c1-8(9-5-3-2-4-6-9)16(14)15-7-10(11,12)13/h9H,1-7H2/q+1. The van der Waals surface area contributed by atoms with Crippen LogP contribution in [0.3, 0.4) is 0 Å². The number of alkyl halides is 3. The molecule has 1 aliphatic carbocycles. The molecule has 0 amide bonds. The first kappa shape index (κ1) is 13.7. The lowest BCUT2D eigenvalue weighted by Crippen LogP contribution is -2.15. The maximum absolute atomic E-state index is 11.8. The average molecular weight is 255 g/mol. The Morgan fingerprint density at radius 2 is 1.88 bits per heavy atom. The smallest absolute Gasteiger partial charge is 0.168 e. The second-order valence-corrected chi connectivity index (χ2v) is 5.32.